The van der Waals surface area contributed by atoms with Crippen molar-refractivity contribution in [3.63, 3.8) is 0 Å². The first-order valence-corrected chi connectivity index (χ1v) is 12.3. The number of likely N-dealkylation sites (N-methyl/N-ethyl adjacent to an activating group) is 1. The SMILES string of the molecule is C.C.CC.CCNCCN.NC1=CCCC1=O.c1ccc(CN2CCCC2)cc1.c1ccccc1. The van der Waals surface area contributed by atoms with Gasteiger partial charge in [-0.15, -0.1) is 0 Å². The van der Waals surface area contributed by atoms with E-state index < -0.39 is 0 Å². The van der Waals surface area contributed by atoms with Gasteiger partial charge in [0.2, 0.25) is 0 Å². The van der Waals surface area contributed by atoms with Crippen molar-refractivity contribution in [2.24, 2.45) is 11.5 Å². The molecule has 2 aromatic carbocycles. The Kier molecular flexibility index (Phi) is 29.4. The van der Waals surface area contributed by atoms with Crippen LogP contribution in [0.4, 0.5) is 0 Å². The van der Waals surface area contributed by atoms with Gasteiger partial charge in [-0.1, -0.05) is 108 Å². The number of benzene rings is 2. The van der Waals surface area contributed by atoms with Crippen LogP contribution in [0.1, 0.15) is 66.9 Å². The maximum atomic E-state index is 10.4. The highest BCUT2D eigenvalue weighted by molar-refractivity contribution is 5.96. The number of carbonyl (C=O) groups excluding carboxylic acids is 1. The van der Waals surface area contributed by atoms with Gasteiger partial charge in [-0.25, -0.2) is 0 Å². The largest absolute Gasteiger partial charge is 0.396 e. The number of hydrogen-bond donors (Lipinski definition) is 3. The van der Waals surface area contributed by atoms with Crippen molar-refractivity contribution in [2.75, 3.05) is 32.7 Å². The molecule has 1 fully saturated rings. The van der Waals surface area contributed by atoms with E-state index in [0.29, 0.717) is 12.1 Å². The summed E-state index contributed by atoms with van der Waals surface area (Å²) in [6.45, 7) is 12.5. The molecule has 0 spiro atoms. The Morgan fingerprint density at radius 1 is 0.886 bits per heavy atom. The average Bonchev–Trinajstić information content (AvgIpc) is 3.53. The maximum Gasteiger partial charge on any atom is 0.178 e. The Hall–Kier alpha value is -2.47. The van der Waals surface area contributed by atoms with Crippen molar-refractivity contribution in [3.8, 4) is 0 Å². The predicted octanol–water partition coefficient (Wildman–Crippen LogP) is 6.01. The van der Waals surface area contributed by atoms with E-state index in [0.717, 1.165) is 32.6 Å². The standard InChI is InChI=1S/C11H15N.C6H6.C5H7NO.C4H12N2.C2H6.2CH4/c1-2-6-11(7-3-1)10-12-8-4-5-9-12;1-2-4-6-5-3-1;6-4-2-1-3-5(4)7;1-2-6-4-3-5;1-2;;/h1-3,6-7H,4-5,8-10H2;1-6H;2H,1,3,6H2;6H,2-5H2,1H3;1-2H3;2*1H4. The predicted molar refractivity (Wildman–Crippen MR) is 156 cm³/mol. The number of rotatable bonds is 5. The summed E-state index contributed by atoms with van der Waals surface area (Å²) in [6.07, 6.45) is 5.98. The molecule has 1 aliphatic carbocycles. The Bertz CT molecular complexity index is 668. The molecule has 0 saturated carbocycles. The van der Waals surface area contributed by atoms with Crippen LogP contribution in [0.25, 0.3) is 0 Å². The molecule has 0 aromatic heterocycles. The molecule has 35 heavy (non-hydrogen) atoms. The molecule has 0 atom stereocenters. The van der Waals surface area contributed by atoms with E-state index in [4.69, 9.17) is 11.5 Å². The Morgan fingerprint density at radius 3 is 1.69 bits per heavy atom. The summed E-state index contributed by atoms with van der Waals surface area (Å²) < 4.78 is 0. The average molecular weight is 487 g/mol. The molecule has 5 heteroatoms. The molecule has 4 rings (SSSR count). The molecule has 200 valence electrons. The highest BCUT2D eigenvalue weighted by Crippen LogP contribution is 2.11. The molecular weight excluding hydrogens is 432 g/mol. The molecule has 2 aromatic rings. The molecule has 5 N–H and O–H groups in total. The molecule has 1 heterocycles. The highest BCUT2D eigenvalue weighted by atomic mass is 16.1. The van der Waals surface area contributed by atoms with Crippen molar-refractivity contribution in [1.29, 1.82) is 0 Å². The summed E-state index contributed by atoms with van der Waals surface area (Å²) in [5, 5.41) is 3.07. The smallest absolute Gasteiger partial charge is 0.178 e. The number of Topliss-reactive ketones (excluding diaryl/α,β-unsaturated/α-hetero) is 1. The van der Waals surface area contributed by atoms with Gasteiger partial charge in [-0.2, -0.15) is 0 Å². The van der Waals surface area contributed by atoms with Gasteiger partial charge >= 0.3 is 0 Å². The Balaban J connectivity index is -0.000000392. The van der Waals surface area contributed by atoms with Crippen LogP contribution < -0.4 is 16.8 Å². The van der Waals surface area contributed by atoms with Gasteiger partial charge in [0.05, 0.1) is 5.70 Å². The van der Waals surface area contributed by atoms with Gasteiger partial charge in [-0.3, -0.25) is 9.69 Å². The fraction of sp³-hybridized carbons (Fsp3) is 0.500. The van der Waals surface area contributed by atoms with Crippen molar-refractivity contribution >= 4 is 5.78 Å². The van der Waals surface area contributed by atoms with E-state index >= 15 is 0 Å². The van der Waals surface area contributed by atoms with Crippen LogP contribution in [0.3, 0.4) is 0 Å². The van der Waals surface area contributed by atoms with Crippen molar-refractivity contribution in [3.05, 3.63) is 84.1 Å². The molecule has 0 unspecified atom stereocenters. The molecular formula is C30H54N4O. The van der Waals surface area contributed by atoms with E-state index in [2.05, 4.69) is 47.5 Å². The first kappa shape index (κ1) is 37.1. The van der Waals surface area contributed by atoms with E-state index in [1.165, 1.54) is 31.5 Å². The molecule has 5 nitrogen and oxygen atoms in total. The first-order valence-electron chi connectivity index (χ1n) is 12.3. The molecule has 0 bridgehead atoms. The summed E-state index contributed by atoms with van der Waals surface area (Å²) in [5.41, 5.74) is 12.2. The lowest BCUT2D eigenvalue weighted by atomic mass is 10.2. The minimum atomic E-state index is 0. The van der Waals surface area contributed by atoms with Gasteiger partial charge in [0.15, 0.2) is 5.78 Å². The van der Waals surface area contributed by atoms with Crippen molar-refractivity contribution < 1.29 is 4.79 Å². The molecule has 0 amide bonds. The second kappa shape index (κ2) is 27.8. The molecule has 0 radical (unpaired) electrons. The number of nitrogens with zero attached hydrogens (tertiary/aromatic N) is 1. The van der Waals surface area contributed by atoms with Gasteiger partial charge in [-0.05, 0) is 44.5 Å². The van der Waals surface area contributed by atoms with Crippen LogP contribution in [0.2, 0.25) is 0 Å². The molecule has 1 aliphatic heterocycles. The number of hydrogen-bond acceptors (Lipinski definition) is 5. The summed E-state index contributed by atoms with van der Waals surface area (Å²) >= 11 is 0. The summed E-state index contributed by atoms with van der Waals surface area (Å²) in [4.78, 5) is 12.9. The fourth-order valence-corrected chi connectivity index (χ4v) is 3.06. The lowest BCUT2D eigenvalue weighted by Gasteiger charge is -2.13. The van der Waals surface area contributed by atoms with Crippen LogP contribution in [0, 0.1) is 0 Å². The number of nitrogens with one attached hydrogen (secondary N) is 1. The number of ketones is 1. The van der Waals surface area contributed by atoms with Gasteiger partial charge in [0, 0.05) is 26.1 Å². The molecule has 1 saturated heterocycles. The summed E-state index contributed by atoms with van der Waals surface area (Å²) in [5.74, 6) is 0.0972. The van der Waals surface area contributed by atoms with Gasteiger partial charge in [0.1, 0.15) is 0 Å². The second-order valence-electron chi connectivity index (χ2n) is 7.39. The number of carbonyl (C=O) groups is 1. The number of allylic oxidation sites excluding steroid dienone is 2. The number of nitrogens with two attached hydrogens (primary N) is 2. The minimum Gasteiger partial charge on any atom is -0.396 e. The lowest BCUT2D eigenvalue weighted by Crippen LogP contribution is -2.21. The minimum absolute atomic E-state index is 0. The van der Waals surface area contributed by atoms with Gasteiger partial charge in [0.25, 0.3) is 0 Å². The van der Waals surface area contributed by atoms with Gasteiger partial charge < -0.3 is 16.8 Å². The third-order valence-electron chi connectivity index (χ3n) is 4.74. The van der Waals surface area contributed by atoms with Crippen LogP contribution in [0.5, 0.6) is 0 Å². The summed E-state index contributed by atoms with van der Waals surface area (Å²) in [6, 6.07) is 22.7. The topological polar surface area (TPSA) is 84.4 Å². The zero-order valence-corrected chi connectivity index (χ0v) is 21.0. The third-order valence-corrected chi connectivity index (χ3v) is 4.74. The Morgan fingerprint density at radius 2 is 1.37 bits per heavy atom. The molecule has 2 aliphatic rings. The summed E-state index contributed by atoms with van der Waals surface area (Å²) in [7, 11) is 0. The third kappa shape index (κ3) is 21.8. The second-order valence-corrected chi connectivity index (χ2v) is 7.39. The fourth-order valence-electron chi connectivity index (χ4n) is 3.06. The number of likely N-dealkylation sites (tertiary alicyclic amines) is 1. The van der Waals surface area contributed by atoms with Crippen LogP contribution in [-0.2, 0) is 11.3 Å². The lowest BCUT2D eigenvalue weighted by molar-refractivity contribution is -0.114. The zero-order valence-electron chi connectivity index (χ0n) is 21.0. The van der Waals surface area contributed by atoms with Crippen LogP contribution in [0.15, 0.2) is 78.5 Å². The van der Waals surface area contributed by atoms with E-state index in [-0.39, 0.29) is 20.6 Å². The van der Waals surface area contributed by atoms with Crippen LogP contribution in [-0.4, -0.2) is 43.4 Å². The highest BCUT2D eigenvalue weighted by Gasteiger charge is 2.10. The van der Waals surface area contributed by atoms with Crippen molar-refractivity contribution in [2.45, 2.75) is 67.9 Å². The zero-order chi connectivity index (χ0) is 24.6. The first-order chi connectivity index (χ1) is 16.2. The Labute approximate surface area is 217 Å². The van der Waals surface area contributed by atoms with E-state index in [9.17, 15) is 4.79 Å². The maximum absolute atomic E-state index is 10.4. The van der Waals surface area contributed by atoms with Crippen molar-refractivity contribution in [1.82, 2.24) is 10.2 Å². The van der Waals surface area contributed by atoms with E-state index in [1.807, 2.05) is 50.2 Å². The normalized spacial score (nSPS) is 13.4. The quantitative estimate of drug-likeness (QED) is 0.450. The van der Waals surface area contributed by atoms with E-state index in [1.54, 1.807) is 6.08 Å². The van der Waals surface area contributed by atoms with Crippen LogP contribution >= 0.6 is 0 Å². The monoisotopic (exact) mass is 486 g/mol.